The van der Waals surface area contributed by atoms with Crippen LogP contribution in [0.3, 0.4) is 0 Å². The van der Waals surface area contributed by atoms with E-state index in [0.717, 1.165) is 25.1 Å². The smallest absolute Gasteiger partial charge is 0.0704 e. The SMILES string of the molecule is C=C(CNC)COCCOCCC. The van der Waals surface area contributed by atoms with Gasteiger partial charge in [0.05, 0.1) is 19.8 Å². The summed E-state index contributed by atoms with van der Waals surface area (Å²) in [5, 5.41) is 3.02. The molecule has 0 rings (SSSR count). The average molecular weight is 187 g/mol. The Morgan fingerprint density at radius 3 is 2.54 bits per heavy atom. The summed E-state index contributed by atoms with van der Waals surface area (Å²) in [6, 6.07) is 0. The molecule has 0 atom stereocenters. The predicted molar refractivity (Wildman–Crippen MR) is 55.0 cm³/mol. The molecule has 0 aliphatic carbocycles. The highest BCUT2D eigenvalue weighted by Crippen LogP contribution is 1.89. The van der Waals surface area contributed by atoms with Crippen LogP contribution in [0.2, 0.25) is 0 Å². The summed E-state index contributed by atoms with van der Waals surface area (Å²) in [4.78, 5) is 0. The van der Waals surface area contributed by atoms with Gasteiger partial charge in [0.1, 0.15) is 0 Å². The lowest BCUT2D eigenvalue weighted by Gasteiger charge is -2.06. The number of nitrogens with one attached hydrogen (secondary N) is 1. The van der Waals surface area contributed by atoms with Gasteiger partial charge in [-0.1, -0.05) is 13.5 Å². The summed E-state index contributed by atoms with van der Waals surface area (Å²) in [7, 11) is 1.90. The molecule has 0 saturated heterocycles. The fourth-order valence-electron chi connectivity index (χ4n) is 0.882. The van der Waals surface area contributed by atoms with Gasteiger partial charge < -0.3 is 14.8 Å². The summed E-state index contributed by atoms with van der Waals surface area (Å²) in [6.07, 6.45) is 1.06. The quantitative estimate of drug-likeness (QED) is 0.434. The Morgan fingerprint density at radius 1 is 1.23 bits per heavy atom. The van der Waals surface area contributed by atoms with Gasteiger partial charge >= 0.3 is 0 Å². The zero-order valence-electron chi connectivity index (χ0n) is 8.77. The molecule has 0 fully saturated rings. The van der Waals surface area contributed by atoms with Crippen molar-refractivity contribution < 1.29 is 9.47 Å². The van der Waals surface area contributed by atoms with Crippen molar-refractivity contribution >= 4 is 0 Å². The second-order valence-electron chi connectivity index (χ2n) is 2.95. The van der Waals surface area contributed by atoms with Crippen molar-refractivity contribution in [3.8, 4) is 0 Å². The fraction of sp³-hybridized carbons (Fsp3) is 0.800. The highest BCUT2D eigenvalue weighted by atomic mass is 16.5. The molecule has 0 unspecified atom stereocenters. The van der Waals surface area contributed by atoms with Crippen LogP contribution in [0.5, 0.6) is 0 Å². The molecule has 0 heterocycles. The zero-order chi connectivity index (χ0) is 9.94. The molecule has 0 amide bonds. The molecule has 0 aromatic heterocycles. The predicted octanol–water partition coefficient (Wildman–Crippen LogP) is 1.21. The highest BCUT2D eigenvalue weighted by Gasteiger charge is 1.92. The van der Waals surface area contributed by atoms with Gasteiger partial charge in [0.2, 0.25) is 0 Å². The maximum Gasteiger partial charge on any atom is 0.0704 e. The van der Waals surface area contributed by atoms with Gasteiger partial charge in [0, 0.05) is 13.2 Å². The summed E-state index contributed by atoms with van der Waals surface area (Å²) < 4.78 is 10.6. The topological polar surface area (TPSA) is 30.5 Å². The third-order valence-electron chi connectivity index (χ3n) is 1.45. The first-order valence-corrected chi connectivity index (χ1v) is 4.78. The van der Waals surface area contributed by atoms with Crippen molar-refractivity contribution in [2.24, 2.45) is 0 Å². The molecule has 3 nitrogen and oxygen atoms in total. The second kappa shape index (κ2) is 9.71. The fourth-order valence-corrected chi connectivity index (χ4v) is 0.882. The molecule has 0 aliphatic rings. The Morgan fingerprint density at radius 2 is 1.92 bits per heavy atom. The third-order valence-corrected chi connectivity index (χ3v) is 1.45. The number of rotatable bonds is 9. The van der Waals surface area contributed by atoms with Crippen LogP contribution >= 0.6 is 0 Å². The van der Waals surface area contributed by atoms with E-state index in [-0.39, 0.29) is 0 Å². The Kier molecular flexibility index (Phi) is 9.42. The summed E-state index contributed by atoms with van der Waals surface area (Å²) >= 11 is 0. The average Bonchev–Trinajstić information content (AvgIpc) is 2.11. The Hall–Kier alpha value is -0.380. The number of hydrogen-bond acceptors (Lipinski definition) is 3. The molecule has 13 heavy (non-hydrogen) atoms. The second-order valence-corrected chi connectivity index (χ2v) is 2.95. The standard InChI is InChI=1S/C10H21NO2/c1-4-5-12-6-7-13-9-10(2)8-11-3/h11H,2,4-9H2,1,3H3. The number of likely N-dealkylation sites (N-methyl/N-ethyl adjacent to an activating group) is 1. The normalized spacial score (nSPS) is 10.3. The van der Waals surface area contributed by atoms with Gasteiger partial charge in [-0.3, -0.25) is 0 Å². The van der Waals surface area contributed by atoms with Crippen LogP contribution in [-0.2, 0) is 9.47 Å². The summed E-state index contributed by atoms with van der Waals surface area (Å²) in [6.45, 7) is 9.54. The minimum atomic E-state index is 0.621. The lowest BCUT2D eigenvalue weighted by molar-refractivity contribution is 0.0562. The van der Waals surface area contributed by atoms with Crippen molar-refractivity contribution in [3.05, 3.63) is 12.2 Å². The lowest BCUT2D eigenvalue weighted by atomic mass is 10.3. The molecule has 1 N–H and O–H groups in total. The summed E-state index contributed by atoms with van der Waals surface area (Å²) in [5.74, 6) is 0. The van der Waals surface area contributed by atoms with Crippen LogP contribution in [0, 0.1) is 0 Å². The molecular formula is C10H21NO2. The highest BCUT2D eigenvalue weighted by molar-refractivity contribution is 4.96. The first kappa shape index (κ1) is 12.6. The van der Waals surface area contributed by atoms with Crippen molar-refractivity contribution in [2.45, 2.75) is 13.3 Å². The van der Waals surface area contributed by atoms with E-state index in [0.29, 0.717) is 19.8 Å². The minimum Gasteiger partial charge on any atom is -0.379 e. The lowest BCUT2D eigenvalue weighted by Crippen LogP contribution is -2.14. The van der Waals surface area contributed by atoms with Gasteiger partial charge in [0.15, 0.2) is 0 Å². The van der Waals surface area contributed by atoms with Gasteiger partial charge in [-0.15, -0.1) is 0 Å². The van der Waals surface area contributed by atoms with Crippen LogP contribution in [0.4, 0.5) is 0 Å². The van der Waals surface area contributed by atoms with E-state index in [1.807, 2.05) is 7.05 Å². The minimum absolute atomic E-state index is 0.621. The van der Waals surface area contributed by atoms with E-state index in [4.69, 9.17) is 9.47 Å². The number of hydrogen-bond donors (Lipinski definition) is 1. The van der Waals surface area contributed by atoms with Crippen molar-refractivity contribution in [1.29, 1.82) is 0 Å². The molecular weight excluding hydrogens is 166 g/mol. The van der Waals surface area contributed by atoms with Crippen LogP contribution in [0.1, 0.15) is 13.3 Å². The van der Waals surface area contributed by atoms with E-state index < -0.39 is 0 Å². The first-order valence-electron chi connectivity index (χ1n) is 4.78. The third kappa shape index (κ3) is 9.53. The molecule has 0 aromatic rings. The molecule has 0 aromatic carbocycles. The van der Waals surface area contributed by atoms with Crippen LogP contribution in [0.15, 0.2) is 12.2 Å². The monoisotopic (exact) mass is 187 g/mol. The molecule has 0 saturated carbocycles. The van der Waals surface area contributed by atoms with E-state index in [1.54, 1.807) is 0 Å². The molecule has 78 valence electrons. The van der Waals surface area contributed by atoms with E-state index in [9.17, 15) is 0 Å². The van der Waals surface area contributed by atoms with Crippen LogP contribution < -0.4 is 5.32 Å². The number of ether oxygens (including phenoxy) is 2. The van der Waals surface area contributed by atoms with Crippen molar-refractivity contribution in [1.82, 2.24) is 5.32 Å². The maximum atomic E-state index is 5.33. The van der Waals surface area contributed by atoms with E-state index in [1.165, 1.54) is 0 Å². The van der Waals surface area contributed by atoms with Crippen molar-refractivity contribution in [2.75, 3.05) is 40.0 Å². The largest absolute Gasteiger partial charge is 0.379 e. The van der Waals surface area contributed by atoms with Gasteiger partial charge in [0.25, 0.3) is 0 Å². The summed E-state index contributed by atoms with van der Waals surface area (Å²) in [5.41, 5.74) is 1.07. The van der Waals surface area contributed by atoms with E-state index >= 15 is 0 Å². The Balaban J connectivity index is 3.02. The van der Waals surface area contributed by atoms with Crippen LogP contribution in [0.25, 0.3) is 0 Å². The van der Waals surface area contributed by atoms with Gasteiger partial charge in [-0.25, -0.2) is 0 Å². The van der Waals surface area contributed by atoms with Gasteiger partial charge in [-0.2, -0.15) is 0 Å². The van der Waals surface area contributed by atoms with E-state index in [2.05, 4.69) is 18.8 Å². The maximum absolute atomic E-state index is 5.33. The zero-order valence-corrected chi connectivity index (χ0v) is 8.77. The molecule has 3 heteroatoms. The molecule has 0 aliphatic heterocycles. The Bertz CT molecular complexity index is 126. The van der Waals surface area contributed by atoms with Crippen LogP contribution in [-0.4, -0.2) is 40.0 Å². The van der Waals surface area contributed by atoms with Gasteiger partial charge in [-0.05, 0) is 19.0 Å². The molecule has 0 radical (unpaired) electrons. The Labute approximate surface area is 81.1 Å². The van der Waals surface area contributed by atoms with Crippen molar-refractivity contribution in [3.63, 3.8) is 0 Å². The molecule has 0 spiro atoms. The molecule has 0 bridgehead atoms. The first-order chi connectivity index (χ1) is 6.31.